The van der Waals surface area contributed by atoms with Gasteiger partial charge in [-0.1, -0.05) is 18.2 Å². The van der Waals surface area contributed by atoms with Gasteiger partial charge in [0.1, 0.15) is 17.3 Å². The summed E-state index contributed by atoms with van der Waals surface area (Å²) in [6.07, 6.45) is 2.10. The maximum Gasteiger partial charge on any atom is 0.325 e. The lowest BCUT2D eigenvalue weighted by Gasteiger charge is -2.17. The molecule has 1 aliphatic heterocycles. The molecule has 1 unspecified atom stereocenters. The molecule has 144 valence electrons. The van der Waals surface area contributed by atoms with Crippen molar-refractivity contribution in [1.29, 1.82) is 0 Å². The lowest BCUT2D eigenvalue weighted by molar-refractivity contribution is 0.0950. The van der Waals surface area contributed by atoms with Crippen molar-refractivity contribution in [2.24, 2.45) is 0 Å². The Morgan fingerprint density at radius 1 is 1.18 bits per heavy atom. The Morgan fingerprint density at radius 2 is 2.00 bits per heavy atom. The van der Waals surface area contributed by atoms with E-state index in [1.807, 2.05) is 24.3 Å². The van der Waals surface area contributed by atoms with E-state index in [4.69, 9.17) is 4.74 Å². The first-order valence-electron chi connectivity index (χ1n) is 8.85. The second-order valence-corrected chi connectivity index (χ2v) is 6.64. The monoisotopic (exact) mass is 381 g/mol. The number of nitrogens with zero attached hydrogens (tertiary/aromatic N) is 1. The van der Waals surface area contributed by atoms with Crippen molar-refractivity contribution in [1.82, 2.24) is 25.3 Å². The SMILES string of the molecule is COc1ccccc1C1CNC(=O)c2nc(Cc3c[nH]c(=O)[nH]c3=O)[nH]c2C1. The number of hydrogen-bond donors (Lipinski definition) is 4. The average Bonchev–Trinajstić information content (AvgIpc) is 3.02. The van der Waals surface area contributed by atoms with Gasteiger partial charge in [-0.05, 0) is 18.1 Å². The van der Waals surface area contributed by atoms with Crippen molar-refractivity contribution in [2.75, 3.05) is 13.7 Å². The number of methoxy groups -OCH3 is 1. The standard InChI is InChI=1S/C19H19N5O4/c1-28-14-5-3-2-4-12(14)10-6-13-16(18(26)20-8-10)23-15(22-13)7-11-9-21-19(27)24-17(11)25/h2-5,9-10H,6-8H2,1H3,(H,20,26)(H,22,23)(H2,21,24,25,27). The number of nitrogens with one attached hydrogen (secondary N) is 4. The van der Waals surface area contributed by atoms with Crippen LogP contribution in [-0.2, 0) is 12.8 Å². The summed E-state index contributed by atoms with van der Waals surface area (Å²) in [6, 6.07) is 7.72. The fraction of sp³-hybridized carbons (Fsp3) is 0.263. The molecule has 1 atom stereocenters. The predicted molar refractivity (Wildman–Crippen MR) is 101 cm³/mol. The fourth-order valence-electron chi connectivity index (χ4n) is 3.47. The van der Waals surface area contributed by atoms with Crippen molar-refractivity contribution in [2.45, 2.75) is 18.8 Å². The second kappa shape index (κ2) is 7.18. The van der Waals surface area contributed by atoms with E-state index in [0.29, 0.717) is 35.7 Å². The topological polar surface area (TPSA) is 133 Å². The molecule has 0 saturated heterocycles. The van der Waals surface area contributed by atoms with E-state index in [0.717, 1.165) is 11.3 Å². The average molecular weight is 381 g/mol. The van der Waals surface area contributed by atoms with Crippen LogP contribution in [0.4, 0.5) is 0 Å². The molecule has 1 amide bonds. The molecule has 3 aromatic rings. The smallest absolute Gasteiger partial charge is 0.325 e. The van der Waals surface area contributed by atoms with Crippen molar-refractivity contribution in [3.63, 3.8) is 0 Å². The molecule has 28 heavy (non-hydrogen) atoms. The molecule has 0 fully saturated rings. The third-order valence-electron chi connectivity index (χ3n) is 4.84. The third kappa shape index (κ3) is 3.34. The van der Waals surface area contributed by atoms with E-state index in [9.17, 15) is 14.4 Å². The fourth-order valence-corrected chi connectivity index (χ4v) is 3.47. The molecular weight excluding hydrogens is 362 g/mol. The number of ether oxygens (including phenoxy) is 1. The Kier molecular flexibility index (Phi) is 4.56. The number of aromatic amines is 3. The molecule has 0 aliphatic carbocycles. The van der Waals surface area contributed by atoms with E-state index in [1.54, 1.807) is 7.11 Å². The number of fused-ring (bicyclic) bond motifs is 1. The molecule has 3 heterocycles. The summed E-state index contributed by atoms with van der Waals surface area (Å²) in [5, 5.41) is 2.90. The van der Waals surface area contributed by atoms with E-state index in [2.05, 4.69) is 25.3 Å². The Morgan fingerprint density at radius 3 is 2.79 bits per heavy atom. The Balaban J connectivity index is 1.65. The number of aromatic nitrogens is 4. The first-order valence-corrected chi connectivity index (χ1v) is 8.85. The highest BCUT2D eigenvalue weighted by Gasteiger charge is 2.27. The van der Waals surface area contributed by atoms with Crippen LogP contribution in [0.1, 0.15) is 39.1 Å². The maximum absolute atomic E-state index is 12.5. The maximum atomic E-state index is 12.5. The second-order valence-electron chi connectivity index (χ2n) is 6.64. The number of rotatable bonds is 4. The highest BCUT2D eigenvalue weighted by atomic mass is 16.5. The normalized spacial score (nSPS) is 16.2. The minimum absolute atomic E-state index is 0.0196. The van der Waals surface area contributed by atoms with Crippen LogP contribution in [0.2, 0.25) is 0 Å². The van der Waals surface area contributed by atoms with Crippen LogP contribution in [0, 0.1) is 0 Å². The quantitative estimate of drug-likeness (QED) is 0.521. The van der Waals surface area contributed by atoms with E-state index in [1.165, 1.54) is 6.20 Å². The first kappa shape index (κ1) is 17.8. The summed E-state index contributed by atoms with van der Waals surface area (Å²) >= 11 is 0. The van der Waals surface area contributed by atoms with Gasteiger partial charge < -0.3 is 20.0 Å². The number of benzene rings is 1. The highest BCUT2D eigenvalue weighted by molar-refractivity contribution is 5.94. The molecule has 0 spiro atoms. The van der Waals surface area contributed by atoms with E-state index >= 15 is 0 Å². The van der Waals surface area contributed by atoms with Gasteiger partial charge in [0.25, 0.3) is 11.5 Å². The van der Waals surface area contributed by atoms with Crippen molar-refractivity contribution in [3.8, 4) is 5.75 Å². The molecule has 4 rings (SSSR count). The molecule has 9 nitrogen and oxygen atoms in total. The highest BCUT2D eigenvalue weighted by Crippen LogP contribution is 2.30. The molecule has 0 saturated carbocycles. The number of amides is 1. The molecule has 9 heteroatoms. The number of carbonyl (C=O) groups excluding carboxylic acids is 1. The third-order valence-corrected chi connectivity index (χ3v) is 4.84. The van der Waals surface area contributed by atoms with Gasteiger partial charge in [0.15, 0.2) is 0 Å². The zero-order chi connectivity index (χ0) is 19.7. The molecule has 4 N–H and O–H groups in total. The summed E-state index contributed by atoms with van der Waals surface area (Å²) in [5.74, 6) is 1.01. The van der Waals surface area contributed by atoms with Gasteiger partial charge in [0.2, 0.25) is 0 Å². The van der Waals surface area contributed by atoms with Gasteiger partial charge in [-0.3, -0.25) is 14.6 Å². The minimum Gasteiger partial charge on any atom is -0.496 e. The van der Waals surface area contributed by atoms with Gasteiger partial charge >= 0.3 is 5.69 Å². The summed E-state index contributed by atoms with van der Waals surface area (Å²) in [5.41, 5.74) is 1.35. The van der Waals surface area contributed by atoms with Crippen molar-refractivity contribution < 1.29 is 9.53 Å². The van der Waals surface area contributed by atoms with Crippen LogP contribution in [0.25, 0.3) is 0 Å². The van der Waals surface area contributed by atoms with Crippen LogP contribution < -0.4 is 21.3 Å². The van der Waals surface area contributed by atoms with Crippen molar-refractivity contribution in [3.05, 3.63) is 79.6 Å². The zero-order valence-electron chi connectivity index (χ0n) is 15.2. The largest absolute Gasteiger partial charge is 0.496 e. The zero-order valence-corrected chi connectivity index (χ0v) is 15.2. The Hall–Kier alpha value is -3.62. The van der Waals surface area contributed by atoms with E-state index < -0.39 is 11.2 Å². The minimum atomic E-state index is -0.567. The number of para-hydroxylation sites is 1. The van der Waals surface area contributed by atoms with Crippen LogP contribution in [0.5, 0.6) is 5.75 Å². The number of imidazole rings is 1. The van der Waals surface area contributed by atoms with Gasteiger partial charge in [-0.25, -0.2) is 9.78 Å². The first-order chi connectivity index (χ1) is 13.5. The van der Waals surface area contributed by atoms with Crippen LogP contribution >= 0.6 is 0 Å². The summed E-state index contributed by atoms with van der Waals surface area (Å²) in [4.78, 5) is 47.7. The van der Waals surface area contributed by atoms with Gasteiger partial charge in [0.05, 0.1) is 7.11 Å². The Labute approximate surface area is 159 Å². The molecule has 1 aliphatic rings. The summed E-state index contributed by atoms with van der Waals surface area (Å²) < 4.78 is 5.46. The van der Waals surface area contributed by atoms with Crippen molar-refractivity contribution >= 4 is 5.91 Å². The molecular formula is C19H19N5O4. The molecule has 2 aromatic heterocycles. The molecule has 0 bridgehead atoms. The van der Waals surface area contributed by atoms with Gasteiger partial charge in [0, 0.05) is 36.3 Å². The summed E-state index contributed by atoms with van der Waals surface area (Å²) in [6.45, 7) is 0.471. The Bertz CT molecular complexity index is 1140. The predicted octanol–water partition coefficient (Wildman–Crippen LogP) is 0.455. The number of carbonyl (C=O) groups is 1. The lowest BCUT2D eigenvalue weighted by Crippen LogP contribution is -2.27. The van der Waals surface area contributed by atoms with Crippen LogP contribution in [0.15, 0.2) is 40.1 Å². The molecule has 1 aromatic carbocycles. The number of hydrogen-bond acceptors (Lipinski definition) is 5. The lowest BCUT2D eigenvalue weighted by atomic mass is 9.93. The molecule has 0 radical (unpaired) electrons. The van der Waals surface area contributed by atoms with Gasteiger partial charge in [-0.2, -0.15) is 0 Å². The number of H-pyrrole nitrogens is 3. The summed E-state index contributed by atoms with van der Waals surface area (Å²) in [7, 11) is 1.62. The van der Waals surface area contributed by atoms with Crippen LogP contribution in [-0.4, -0.2) is 39.5 Å². The van der Waals surface area contributed by atoms with E-state index in [-0.39, 0.29) is 18.2 Å². The van der Waals surface area contributed by atoms with Gasteiger partial charge in [-0.15, -0.1) is 0 Å². The van der Waals surface area contributed by atoms with Crippen LogP contribution in [0.3, 0.4) is 0 Å².